The fourth-order valence-corrected chi connectivity index (χ4v) is 1.86. The van der Waals surface area contributed by atoms with Gasteiger partial charge in [0.2, 0.25) is 5.95 Å². The molecule has 0 aliphatic carbocycles. The van der Waals surface area contributed by atoms with Crippen LogP contribution in [0, 0.1) is 6.92 Å². The molecule has 0 spiro atoms. The van der Waals surface area contributed by atoms with Gasteiger partial charge in [-0.1, -0.05) is 17.7 Å². The molecular weight excluding hydrogens is 262 g/mol. The minimum Gasteiger partial charge on any atom is -0.370 e. The van der Waals surface area contributed by atoms with E-state index < -0.39 is 0 Å². The maximum Gasteiger partial charge on any atom is 0.223 e. The van der Waals surface area contributed by atoms with E-state index in [4.69, 9.17) is 17.3 Å². The van der Waals surface area contributed by atoms with Gasteiger partial charge >= 0.3 is 0 Å². The third-order valence-corrected chi connectivity index (χ3v) is 3.04. The molecule has 1 aromatic carbocycles. The van der Waals surface area contributed by atoms with E-state index >= 15 is 0 Å². The van der Waals surface area contributed by atoms with Crippen molar-refractivity contribution >= 4 is 34.9 Å². The summed E-state index contributed by atoms with van der Waals surface area (Å²) in [7, 11) is 0. The molecule has 1 aromatic heterocycles. The Hall–Kier alpha value is -2.01. The van der Waals surface area contributed by atoms with Crippen LogP contribution in [0.1, 0.15) is 12.5 Å². The Kier molecular flexibility index (Phi) is 4.06. The number of nitrogens with two attached hydrogens (primary N) is 1. The minimum absolute atomic E-state index is 0.223. The summed E-state index contributed by atoms with van der Waals surface area (Å²) in [4.78, 5) is 8.25. The van der Waals surface area contributed by atoms with Gasteiger partial charge in [-0.05, 0) is 31.5 Å². The van der Waals surface area contributed by atoms with Crippen molar-refractivity contribution < 1.29 is 0 Å². The van der Waals surface area contributed by atoms with Gasteiger partial charge in [0, 0.05) is 23.3 Å². The van der Waals surface area contributed by atoms with Crippen LogP contribution < -0.4 is 16.4 Å². The van der Waals surface area contributed by atoms with Crippen LogP contribution in [0.15, 0.2) is 24.3 Å². The average Bonchev–Trinajstić information content (AvgIpc) is 2.35. The van der Waals surface area contributed by atoms with Gasteiger partial charge < -0.3 is 16.4 Å². The SMILES string of the molecule is CCNc1cc(Nc2cccc(Cl)c2C)nc(N)n1. The van der Waals surface area contributed by atoms with E-state index in [-0.39, 0.29) is 5.95 Å². The van der Waals surface area contributed by atoms with Gasteiger partial charge in [-0.25, -0.2) is 0 Å². The molecule has 0 fully saturated rings. The molecule has 1 heterocycles. The highest BCUT2D eigenvalue weighted by Gasteiger charge is 2.05. The number of nitrogens with zero attached hydrogens (tertiary/aromatic N) is 2. The molecule has 19 heavy (non-hydrogen) atoms. The van der Waals surface area contributed by atoms with Gasteiger partial charge in [-0.3, -0.25) is 0 Å². The predicted molar refractivity (Wildman–Crippen MR) is 80.1 cm³/mol. The summed E-state index contributed by atoms with van der Waals surface area (Å²) < 4.78 is 0. The van der Waals surface area contributed by atoms with Crippen LogP contribution in [0.3, 0.4) is 0 Å². The van der Waals surface area contributed by atoms with Crippen LogP contribution in [0.25, 0.3) is 0 Å². The van der Waals surface area contributed by atoms with Gasteiger partial charge in [0.25, 0.3) is 0 Å². The molecule has 4 N–H and O–H groups in total. The maximum absolute atomic E-state index is 6.08. The number of hydrogen-bond acceptors (Lipinski definition) is 5. The lowest BCUT2D eigenvalue weighted by molar-refractivity contribution is 1.12. The van der Waals surface area contributed by atoms with Crippen molar-refractivity contribution in [2.75, 3.05) is 22.9 Å². The second-order valence-electron chi connectivity index (χ2n) is 4.06. The van der Waals surface area contributed by atoms with Crippen molar-refractivity contribution in [1.29, 1.82) is 0 Å². The Morgan fingerprint density at radius 3 is 2.74 bits per heavy atom. The summed E-state index contributed by atoms with van der Waals surface area (Å²) in [5.41, 5.74) is 7.54. The molecule has 0 aliphatic heterocycles. The lowest BCUT2D eigenvalue weighted by Gasteiger charge is -2.11. The fourth-order valence-electron chi connectivity index (χ4n) is 1.68. The van der Waals surface area contributed by atoms with Crippen LogP contribution in [0.5, 0.6) is 0 Å². The zero-order valence-corrected chi connectivity index (χ0v) is 11.6. The molecule has 0 radical (unpaired) electrons. The van der Waals surface area contributed by atoms with Crippen molar-refractivity contribution in [2.24, 2.45) is 0 Å². The largest absolute Gasteiger partial charge is 0.370 e. The van der Waals surface area contributed by atoms with E-state index in [0.717, 1.165) is 17.8 Å². The number of nitrogen functional groups attached to an aromatic ring is 1. The molecule has 2 rings (SSSR count). The Morgan fingerprint density at radius 1 is 1.26 bits per heavy atom. The number of hydrogen-bond donors (Lipinski definition) is 3. The smallest absolute Gasteiger partial charge is 0.223 e. The quantitative estimate of drug-likeness (QED) is 0.800. The molecule has 100 valence electrons. The van der Waals surface area contributed by atoms with Crippen molar-refractivity contribution in [3.63, 3.8) is 0 Å². The molecule has 5 nitrogen and oxygen atoms in total. The first-order valence-electron chi connectivity index (χ1n) is 6.00. The van der Waals surface area contributed by atoms with Crippen molar-refractivity contribution in [2.45, 2.75) is 13.8 Å². The summed E-state index contributed by atoms with van der Waals surface area (Å²) in [6.45, 7) is 4.71. The molecule has 0 saturated carbocycles. The normalized spacial score (nSPS) is 10.3. The standard InChI is InChI=1S/C13H16ClN5/c1-3-16-11-7-12(19-13(15)18-11)17-10-6-4-5-9(14)8(10)2/h4-7H,3H2,1-2H3,(H4,15,16,17,18,19). The maximum atomic E-state index is 6.08. The van der Waals surface area contributed by atoms with Crippen LogP contribution >= 0.6 is 11.6 Å². The molecule has 0 atom stereocenters. The third kappa shape index (κ3) is 3.26. The molecule has 0 unspecified atom stereocenters. The topological polar surface area (TPSA) is 75.9 Å². The molecule has 0 aliphatic rings. The first-order valence-corrected chi connectivity index (χ1v) is 6.38. The van der Waals surface area contributed by atoms with Crippen molar-refractivity contribution in [1.82, 2.24) is 9.97 Å². The lowest BCUT2D eigenvalue weighted by Crippen LogP contribution is -2.06. The summed E-state index contributed by atoms with van der Waals surface area (Å²) in [5.74, 6) is 1.55. The monoisotopic (exact) mass is 277 g/mol. The number of benzene rings is 1. The van der Waals surface area contributed by atoms with Gasteiger partial charge in [0.1, 0.15) is 11.6 Å². The Morgan fingerprint density at radius 2 is 2.00 bits per heavy atom. The van der Waals surface area contributed by atoms with Crippen LogP contribution in [-0.4, -0.2) is 16.5 Å². The third-order valence-electron chi connectivity index (χ3n) is 2.63. The zero-order chi connectivity index (χ0) is 13.8. The molecule has 6 heteroatoms. The van der Waals surface area contributed by atoms with E-state index in [1.165, 1.54) is 0 Å². The Balaban J connectivity index is 2.30. The van der Waals surface area contributed by atoms with E-state index in [0.29, 0.717) is 16.7 Å². The van der Waals surface area contributed by atoms with Crippen molar-refractivity contribution in [3.8, 4) is 0 Å². The number of aromatic nitrogens is 2. The van der Waals surface area contributed by atoms with Gasteiger partial charge in [-0.15, -0.1) is 0 Å². The predicted octanol–water partition coefficient (Wildman–Crippen LogP) is 3.20. The number of nitrogens with one attached hydrogen (secondary N) is 2. The molecule has 0 amide bonds. The minimum atomic E-state index is 0.223. The summed E-state index contributed by atoms with van der Waals surface area (Å²) in [6, 6.07) is 7.47. The van der Waals surface area contributed by atoms with E-state index in [9.17, 15) is 0 Å². The number of rotatable bonds is 4. The summed E-state index contributed by atoms with van der Waals surface area (Å²) >= 11 is 6.08. The highest BCUT2D eigenvalue weighted by Crippen LogP contribution is 2.26. The van der Waals surface area contributed by atoms with Gasteiger partial charge in [0.15, 0.2) is 0 Å². The highest BCUT2D eigenvalue weighted by molar-refractivity contribution is 6.31. The van der Waals surface area contributed by atoms with E-state index in [1.54, 1.807) is 6.07 Å². The van der Waals surface area contributed by atoms with Gasteiger partial charge in [-0.2, -0.15) is 9.97 Å². The average molecular weight is 278 g/mol. The first kappa shape index (κ1) is 13.4. The summed E-state index contributed by atoms with van der Waals surface area (Å²) in [5, 5.41) is 7.01. The first-order chi connectivity index (χ1) is 9.10. The van der Waals surface area contributed by atoms with Gasteiger partial charge in [0.05, 0.1) is 0 Å². The Bertz CT molecular complexity index is 585. The zero-order valence-electron chi connectivity index (χ0n) is 10.9. The van der Waals surface area contributed by atoms with E-state index in [2.05, 4.69) is 20.6 Å². The highest BCUT2D eigenvalue weighted by atomic mass is 35.5. The van der Waals surface area contributed by atoms with Crippen LogP contribution in [-0.2, 0) is 0 Å². The second kappa shape index (κ2) is 5.75. The van der Waals surface area contributed by atoms with Crippen molar-refractivity contribution in [3.05, 3.63) is 34.9 Å². The number of anilines is 4. The lowest BCUT2D eigenvalue weighted by atomic mass is 10.2. The van der Waals surface area contributed by atoms with E-state index in [1.807, 2.05) is 32.0 Å². The van der Waals surface area contributed by atoms with Crippen LogP contribution in [0.2, 0.25) is 5.02 Å². The molecule has 0 bridgehead atoms. The second-order valence-corrected chi connectivity index (χ2v) is 4.47. The summed E-state index contributed by atoms with van der Waals surface area (Å²) in [6.07, 6.45) is 0. The fraction of sp³-hybridized carbons (Fsp3) is 0.231. The number of halogens is 1. The molecule has 0 saturated heterocycles. The Labute approximate surface area is 117 Å². The van der Waals surface area contributed by atoms with Crippen LogP contribution in [0.4, 0.5) is 23.3 Å². The molecular formula is C13H16ClN5. The molecule has 2 aromatic rings.